The van der Waals surface area contributed by atoms with Crippen molar-refractivity contribution in [2.24, 2.45) is 13.0 Å². The van der Waals surface area contributed by atoms with Gasteiger partial charge >= 0.3 is 0 Å². The van der Waals surface area contributed by atoms with E-state index >= 15 is 0 Å². The van der Waals surface area contributed by atoms with Gasteiger partial charge in [-0.05, 0) is 19.3 Å². The molecule has 5 heteroatoms. The number of carbonyl (C=O) groups excluding carboxylic acids is 1. The maximum Gasteiger partial charge on any atom is 0.230 e. The second-order valence-corrected chi connectivity index (χ2v) is 4.46. The highest BCUT2D eigenvalue weighted by Gasteiger charge is 2.30. The second kappa shape index (κ2) is 5.31. The van der Waals surface area contributed by atoms with E-state index in [1.165, 1.54) is 0 Å². The van der Waals surface area contributed by atoms with Crippen LogP contribution in [0.1, 0.15) is 26.2 Å². The lowest BCUT2D eigenvalue weighted by Crippen LogP contribution is -2.37. The number of anilines is 1. The summed E-state index contributed by atoms with van der Waals surface area (Å²) in [6, 6.07) is 0. The van der Waals surface area contributed by atoms with E-state index in [-0.39, 0.29) is 17.9 Å². The molecule has 0 bridgehead atoms. The molecule has 1 N–H and O–H groups in total. The summed E-state index contributed by atoms with van der Waals surface area (Å²) < 4.78 is 7.29. The first-order valence-corrected chi connectivity index (χ1v) is 6.12. The lowest BCUT2D eigenvalue weighted by molar-refractivity contribution is -0.129. The molecule has 5 nitrogen and oxygen atoms in total. The molecular formula is C12H19N3O2. The van der Waals surface area contributed by atoms with Gasteiger partial charge in [0.1, 0.15) is 0 Å². The Balaban J connectivity index is 1.98. The topological polar surface area (TPSA) is 56.1 Å². The highest BCUT2D eigenvalue weighted by molar-refractivity contribution is 5.92. The minimum Gasteiger partial charge on any atom is -0.377 e. The first-order chi connectivity index (χ1) is 8.20. The molecule has 2 unspecified atom stereocenters. The van der Waals surface area contributed by atoms with Crippen molar-refractivity contribution in [3.8, 4) is 0 Å². The molecular weight excluding hydrogens is 218 g/mol. The van der Waals surface area contributed by atoms with Crippen molar-refractivity contribution in [2.45, 2.75) is 32.3 Å². The Morgan fingerprint density at radius 3 is 3.18 bits per heavy atom. The number of aromatic nitrogens is 2. The standard InChI is InChI=1S/C12H19N3O2/c1-3-11-10(5-4-6-17-11)12(16)14-9-7-13-15(2)8-9/h7-8,10-11H,3-6H2,1-2H3,(H,14,16). The Bertz CT molecular complexity index is 389. The van der Waals surface area contributed by atoms with Crippen molar-refractivity contribution in [1.82, 2.24) is 9.78 Å². The Hall–Kier alpha value is -1.36. The van der Waals surface area contributed by atoms with Gasteiger partial charge < -0.3 is 10.1 Å². The van der Waals surface area contributed by atoms with Crippen LogP contribution in [-0.2, 0) is 16.6 Å². The maximum absolute atomic E-state index is 12.1. The highest BCUT2D eigenvalue weighted by atomic mass is 16.5. The normalized spacial score (nSPS) is 24.6. The zero-order chi connectivity index (χ0) is 12.3. The van der Waals surface area contributed by atoms with E-state index in [4.69, 9.17) is 4.74 Å². The number of nitrogens with zero attached hydrogens (tertiary/aromatic N) is 2. The molecule has 94 valence electrons. The van der Waals surface area contributed by atoms with Gasteiger partial charge in [-0.25, -0.2) is 0 Å². The maximum atomic E-state index is 12.1. The average molecular weight is 237 g/mol. The number of ether oxygens (including phenoxy) is 1. The molecule has 1 saturated heterocycles. The fourth-order valence-corrected chi connectivity index (χ4v) is 2.26. The van der Waals surface area contributed by atoms with Gasteiger partial charge in [0.2, 0.25) is 5.91 Å². The van der Waals surface area contributed by atoms with Crippen LogP contribution < -0.4 is 5.32 Å². The van der Waals surface area contributed by atoms with Gasteiger partial charge in [0.25, 0.3) is 0 Å². The fourth-order valence-electron chi connectivity index (χ4n) is 2.26. The van der Waals surface area contributed by atoms with Crippen LogP contribution in [0.5, 0.6) is 0 Å². The number of aryl methyl sites for hydroxylation is 1. The van der Waals surface area contributed by atoms with Gasteiger partial charge in [-0.3, -0.25) is 9.48 Å². The van der Waals surface area contributed by atoms with Crippen molar-refractivity contribution < 1.29 is 9.53 Å². The van der Waals surface area contributed by atoms with Crippen LogP contribution in [0.4, 0.5) is 5.69 Å². The first-order valence-electron chi connectivity index (χ1n) is 6.12. The SMILES string of the molecule is CCC1OCCCC1C(=O)Nc1cnn(C)c1. The molecule has 0 spiro atoms. The van der Waals surface area contributed by atoms with Crippen molar-refractivity contribution >= 4 is 11.6 Å². The van der Waals surface area contributed by atoms with Gasteiger partial charge in [0, 0.05) is 19.9 Å². The number of amides is 1. The molecule has 2 rings (SSSR count). The van der Waals surface area contributed by atoms with Gasteiger partial charge in [-0.2, -0.15) is 5.10 Å². The Morgan fingerprint density at radius 1 is 1.71 bits per heavy atom. The molecule has 1 aromatic rings. The van der Waals surface area contributed by atoms with Crippen molar-refractivity contribution in [3.05, 3.63) is 12.4 Å². The van der Waals surface area contributed by atoms with E-state index in [2.05, 4.69) is 17.3 Å². The van der Waals surface area contributed by atoms with Crippen LogP contribution in [0.15, 0.2) is 12.4 Å². The van der Waals surface area contributed by atoms with Crippen molar-refractivity contribution in [3.63, 3.8) is 0 Å². The van der Waals surface area contributed by atoms with Crippen LogP contribution in [0.2, 0.25) is 0 Å². The minimum atomic E-state index is -0.0334. The van der Waals surface area contributed by atoms with E-state index in [0.717, 1.165) is 31.6 Å². The molecule has 2 atom stereocenters. The quantitative estimate of drug-likeness (QED) is 0.868. The molecule has 1 aromatic heterocycles. The summed E-state index contributed by atoms with van der Waals surface area (Å²) >= 11 is 0. The summed E-state index contributed by atoms with van der Waals surface area (Å²) in [6.07, 6.45) is 6.25. The summed E-state index contributed by atoms with van der Waals surface area (Å²) in [7, 11) is 1.83. The summed E-state index contributed by atoms with van der Waals surface area (Å²) in [5.41, 5.74) is 0.748. The van der Waals surface area contributed by atoms with Crippen LogP contribution in [0, 0.1) is 5.92 Å². The molecule has 1 aliphatic rings. The molecule has 0 saturated carbocycles. The predicted octanol–water partition coefficient (Wildman–Crippen LogP) is 1.56. The average Bonchev–Trinajstić information content (AvgIpc) is 2.74. The van der Waals surface area contributed by atoms with Gasteiger partial charge in [-0.15, -0.1) is 0 Å². The lowest BCUT2D eigenvalue weighted by Gasteiger charge is -2.29. The minimum absolute atomic E-state index is 0.0334. The van der Waals surface area contributed by atoms with Crippen molar-refractivity contribution in [2.75, 3.05) is 11.9 Å². The first kappa shape index (κ1) is 12.1. The van der Waals surface area contributed by atoms with Crippen LogP contribution in [-0.4, -0.2) is 28.4 Å². The van der Waals surface area contributed by atoms with Crippen LogP contribution >= 0.6 is 0 Å². The summed E-state index contributed by atoms with van der Waals surface area (Å²) in [5.74, 6) is 0.0125. The molecule has 0 radical (unpaired) electrons. The summed E-state index contributed by atoms with van der Waals surface area (Å²) in [5, 5.41) is 6.92. The second-order valence-electron chi connectivity index (χ2n) is 4.46. The smallest absolute Gasteiger partial charge is 0.230 e. The van der Waals surface area contributed by atoms with Crippen LogP contribution in [0.3, 0.4) is 0 Å². The number of hydrogen-bond donors (Lipinski definition) is 1. The van der Waals surface area contributed by atoms with Crippen molar-refractivity contribution in [1.29, 1.82) is 0 Å². The molecule has 1 amide bonds. The van der Waals surface area contributed by atoms with E-state index in [0.29, 0.717) is 0 Å². The third kappa shape index (κ3) is 2.85. The fraction of sp³-hybridized carbons (Fsp3) is 0.667. The molecule has 1 fully saturated rings. The highest BCUT2D eigenvalue weighted by Crippen LogP contribution is 2.24. The lowest BCUT2D eigenvalue weighted by atomic mass is 9.92. The van der Waals surface area contributed by atoms with E-state index in [1.54, 1.807) is 17.1 Å². The molecule has 2 heterocycles. The monoisotopic (exact) mass is 237 g/mol. The Kier molecular flexibility index (Phi) is 3.78. The van der Waals surface area contributed by atoms with E-state index in [1.807, 2.05) is 7.05 Å². The van der Waals surface area contributed by atoms with Gasteiger partial charge in [0.05, 0.1) is 23.9 Å². The largest absolute Gasteiger partial charge is 0.377 e. The molecule has 0 aliphatic carbocycles. The number of nitrogens with one attached hydrogen (secondary N) is 1. The zero-order valence-electron chi connectivity index (χ0n) is 10.3. The molecule has 0 aromatic carbocycles. The number of carbonyl (C=O) groups is 1. The Labute approximate surface area is 101 Å². The number of hydrogen-bond acceptors (Lipinski definition) is 3. The predicted molar refractivity (Wildman–Crippen MR) is 64.6 cm³/mol. The third-order valence-electron chi connectivity index (χ3n) is 3.15. The third-order valence-corrected chi connectivity index (χ3v) is 3.15. The summed E-state index contributed by atoms with van der Waals surface area (Å²) in [4.78, 5) is 12.1. The van der Waals surface area contributed by atoms with Crippen LogP contribution in [0.25, 0.3) is 0 Å². The van der Waals surface area contributed by atoms with Gasteiger partial charge in [-0.1, -0.05) is 6.92 Å². The molecule has 17 heavy (non-hydrogen) atoms. The zero-order valence-corrected chi connectivity index (χ0v) is 10.3. The van der Waals surface area contributed by atoms with E-state index in [9.17, 15) is 4.79 Å². The number of rotatable bonds is 3. The Morgan fingerprint density at radius 2 is 2.53 bits per heavy atom. The van der Waals surface area contributed by atoms with E-state index < -0.39 is 0 Å². The molecule has 1 aliphatic heterocycles. The summed E-state index contributed by atoms with van der Waals surface area (Å²) in [6.45, 7) is 2.83. The van der Waals surface area contributed by atoms with Gasteiger partial charge in [0.15, 0.2) is 0 Å².